The number of benzene rings is 4. The molecule has 1 fully saturated rings. The Morgan fingerprint density at radius 3 is 2.00 bits per heavy atom. The highest BCUT2D eigenvalue weighted by Gasteiger charge is 2.38. The predicted octanol–water partition coefficient (Wildman–Crippen LogP) is 6.21. The molecule has 38 heavy (non-hydrogen) atoms. The average molecular weight is 520 g/mol. The minimum Gasteiger partial charge on any atom is -0.322 e. The van der Waals surface area contributed by atoms with Crippen LogP contribution in [0.1, 0.15) is 42.8 Å². The standard InChI is InChI=1S/C31H25N3O3S/c1-21-12-14-23(15-13-21)28(35)32-26-18-16-24(17-19-26)29(36)33-34-30(37)27(20-22-8-4-2-5-9-22)38-31(34)25-10-6-3-7-11-25/h2-20,31H,1H3,(H,32,35)(H,33,36)/b27-20-. The van der Waals surface area contributed by atoms with Gasteiger partial charge in [0, 0.05) is 16.8 Å². The number of carbonyl (C=O) groups excluding carboxylic acids is 3. The van der Waals surface area contributed by atoms with Crippen molar-refractivity contribution in [1.82, 2.24) is 10.4 Å². The summed E-state index contributed by atoms with van der Waals surface area (Å²) in [5.74, 6) is -0.925. The number of carbonyl (C=O) groups is 3. The monoisotopic (exact) mass is 519 g/mol. The van der Waals surface area contributed by atoms with Gasteiger partial charge in [-0.2, -0.15) is 0 Å². The van der Waals surface area contributed by atoms with Crippen LogP contribution in [0.3, 0.4) is 0 Å². The summed E-state index contributed by atoms with van der Waals surface area (Å²) in [6.45, 7) is 1.96. The molecule has 0 spiro atoms. The van der Waals surface area contributed by atoms with Gasteiger partial charge < -0.3 is 5.32 Å². The van der Waals surface area contributed by atoms with Gasteiger partial charge in [0.2, 0.25) is 0 Å². The van der Waals surface area contributed by atoms with E-state index in [4.69, 9.17) is 0 Å². The van der Waals surface area contributed by atoms with Gasteiger partial charge >= 0.3 is 0 Å². The Kier molecular flexibility index (Phi) is 7.38. The van der Waals surface area contributed by atoms with Crippen molar-refractivity contribution >= 4 is 41.2 Å². The molecule has 0 aliphatic carbocycles. The molecule has 4 aromatic carbocycles. The number of hydrogen-bond acceptors (Lipinski definition) is 4. The van der Waals surface area contributed by atoms with Crippen LogP contribution in [-0.4, -0.2) is 22.7 Å². The van der Waals surface area contributed by atoms with E-state index in [0.29, 0.717) is 21.7 Å². The summed E-state index contributed by atoms with van der Waals surface area (Å²) in [7, 11) is 0. The van der Waals surface area contributed by atoms with Crippen LogP contribution < -0.4 is 10.7 Å². The smallest absolute Gasteiger partial charge is 0.280 e. The fraction of sp³-hybridized carbons (Fsp3) is 0.0645. The summed E-state index contributed by atoms with van der Waals surface area (Å²) in [5.41, 5.74) is 7.16. The molecule has 1 aliphatic heterocycles. The lowest BCUT2D eigenvalue weighted by atomic mass is 10.1. The highest BCUT2D eigenvalue weighted by atomic mass is 32.2. The summed E-state index contributed by atoms with van der Waals surface area (Å²) in [5, 5.41) is 3.81. The zero-order chi connectivity index (χ0) is 26.5. The molecule has 0 saturated carbocycles. The molecule has 188 valence electrons. The predicted molar refractivity (Wildman–Crippen MR) is 151 cm³/mol. The van der Waals surface area contributed by atoms with Crippen LogP contribution in [0.15, 0.2) is 114 Å². The lowest BCUT2D eigenvalue weighted by Gasteiger charge is -2.24. The Morgan fingerprint density at radius 1 is 0.763 bits per heavy atom. The van der Waals surface area contributed by atoms with Gasteiger partial charge in [0.1, 0.15) is 5.37 Å². The first-order chi connectivity index (χ1) is 18.5. The van der Waals surface area contributed by atoms with E-state index < -0.39 is 11.3 Å². The number of hydrogen-bond donors (Lipinski definition) is 2. The van der Waals surface area contributed by atoms with E-state index >= 15 is 0 Å². The third kappa shape index (κ3) is 5.68. The maximum Gasteiger partial charge on any atom is 0.280 e. The van der Waals surface area contributed by atoms with Crippen molar-refractivity contribution in [2.45, 2.75) is 12.3 Å². The SMILES string of the molecule is Cc1ccc(C(=O)Nc2ccc(C(=O)NN3C(=O)/C(=C/c4ccccc4)SC3c3ccccc3)cc2)cc1. The Morgan fingerprint density at radius 2 is 1.34 bits per heavy atom. The van der Waals surface area contributed by atoms with Crippen LogP contribution in [0, 0.1) is 6.92 Å². The minimum absolute atomic E-state index is 0.231. The number of amides is 3. The molecule has 0 radical (unpaired) electrons. The third-order valence-electron chi connectivity index (χ3n) is 6.03. The van der Waals surface area contributed by atoms with Crippen molar-refractivity contribution in [1.29, 1.82) is 0 Å². The number of nitrogens with one attached hydrogen (secondary N) is 2. The van der Waals surface area contributed by atoms with E-state index in [1.807, 2.05) is 85.8 Å². The normalized spacial score (nSPS) is 15.9. The van der Waals surface area contributed by atoms with E-state index in [1.54, 1.807) is 36.4 Å². The Bertz CT molecular complexity index is 1490. The van der Waals surface area contributed by atoms with Crippen molar-refractivity contribution in [3.63, 3.8) is 0 Å². The Balaban J connectivity index is 1.32. The fourth-order valence-corrected chi connectivity index (χ4v) is 5.17. The van der Waals surface area contributed by atoms with Crippen molar-refractivity contribution in [3.05, 3.63) is 142 Å². The molecule has 5 rings (SSSR count). The van der Waals surface area contributed by atoms with Gasteiger partial charge in [-0.05, 0) is 60.5 Å². The van der Waals surface area contributed by atoms with Crippen molar-refractivity contribution in [2.75, 3.05) is 5.32 Å². The molecule has 4 aromatic rings. The van der Waals surface area contributed by atoms with Gasteiger partial charge in [-0.25, -0.2) is 5.01 Å². The average Bonchev–Trinajstić information content (AvgIpc) is 3.25. The van der Waals surface area contributed by atoms with Gasteiger partial charge in [-0.3, -0.25) is 19.8 Å². The van der Waals surface area contributed by atoms with Crippen LogP contribution in [0.2, 0.25) is 0 Å². The largest absolute Gasteiger partial charge is 0.322 e. The van der Waals surface area contributed by atoms with Crippen molar-refractivity contribution in [3.8, 4) is 0 Å². The second-order valence-electron chi connectivity index (χ2n) is 8.81. The minimum atomic E-state index is -0.419. The zero-order valence-electron chi connectivity index (χ0n) is 20.6. The second-order valence-corrected chi connectivity index (χ2v) is 9.94. The molecule has 1 aliphatic rings. The lowest BCUT2D eigenvalue weighted by Crippen LogP contribution is -2.44. The van der Waals surface area contributed by atoms with Gasteiger partial charge in [0.15, 0.2) is 0 Å². The molecule has 1 unspecified atom stereocenters. The number of rotatable bonds is 6. The summed E-state index contributed by atoms with van der Waals surface area (Å²) in [6, 6.07) is 33.0. The highest BCUT2D eigenvalue weighted by Crippen LogP contribution is 2.45. The first-order valence-corrected chi connectivity index (χ1v) is 13.0. The van der Waals surface area contributed by atoms with E-state index in [-0.39, 0.29) is 11.8 Å². The maximum absolute atomic E-state index is 13.4. The van der Waals surface area contributed by atoms with Crippen LogP contribution in [-0.2, 0) is 4.79 Å². The molecule has 1 heterocycles. The first kappa shape index (κ1) is 25.0. The van der Waals surface area contributed by atoms with Gasteiger partial charge in [0.05, 0.1) is 4.91 Å². The molecular formula is C31H25N3O3S. The molecule has 1 atom stereocenters. The zero-order valence-corrected chi connectivity index (χ0v) is 21.4. The molecule has 2 N–H and O–H groups in total. The highest BCUT2D eigenvalue weighted by molar-refractivity contribution is 8.04. The maximum atomic E-state index is 13.4. The number of anilines is 1. The molecule has 3 amide bonds. The number of hydrazine groups is 1. The summed E-state index contributed by atoms with van der Waals surface area (Å²) >= 11 is 1.40. The topological polar surface area (TPSA) is 78.5 Å². The Labute approximate surface area is 225 Å². The van der Waals surface area contributed by atoms with Gasteiger partial charge in [-0.15, -0.1) is 0 Å². The van der Waals surface area contributed by atoms with Crippen LogP contribution in [0.5, 0.6) is 0 Å². The molecule has 1 saturated heterocycles. The number of thioether (sulfide) groups is 1. The number of nitrogens with zero attached hydrogens (tertiary/aromatic N) is 1. The fourth-order valence-electron chi connectivity index (χ4n) is 3.98. The second kappa shape index (κ2) is 11.2. The molecule has 0 bridgehead atoms. The molecule has 0 aromatic heterocycles. The van der Waals surface area contributed by atoms with Crippen molar-refractivity contribution in [2.24, 2.45) is 0 Å². The van der Waals surface area contributed by atoms with E-state index in [2.05, 4.69) is 10.7 Å². The van der Waals surface area contributed by atoms with Crippen LogP contribution >= 0.6 is 11.8 Å². The molecular weight excluding hydrogens is 494 g/mol. The Hall–Kier alpha value is -4.62. The van der Waals surface area contributed by atoms with Gasteiger partial charge in [0.25, 0.3) is 17.7 Å². The van der Waals surface area contributed by atoms with E-state index in [9.17, 15) is 14.4 Å². The number of aryl methyl sites for hydroxylation is 1. The van der Waals surface area contributed by atoms with E-state index in [1.165, 1.54) is 16.8 Å². The quantitative estimate of drug-likeness (QED) is 0.297. The summed E-state index contributed by atoms with van der Waals surface area (Å²) < 4.78 is 0. The third-order valence-corrected chi connectivity index (χ3v) is 7.28. The molecule has 6 nitrogen and oxygen atoms in total. The van der Waals surface area contributed by atoms with E-state index in [0.717, 1.165) is 16.7 Å². The summed E-state index contributed by atoms with van der Waals surface area (Å²) in [4.78, 5) is 39.6. The summed E-state index contributed by atoms with van der Waals surface area (Å²) in [6.07, 6.45) is 1.83. The van der Waals surface area contributed by atoms with Crippen molar-refractivity contribution < 1.29 is 14.4 Å². The lowest BCUT2D eigenvalue weighted by molar-refractivity contribution is -0.128. The molecule has 7 heteroatoms. The van der Waals surface area contributed by atoms with Crippen LogP contribution in [0.4, 0.5) is 5.69 Å². The first-order valence-electron chi connectivity index (χ1n) is 12.1. The van der Waals surface area contributed by atoms with Gasteiger partial charge in [-0.1, -0.05) is 90.1 Å². The van der Waals surface area contributed by atoms with Crippen LogP contribution in [0.25, 0.3) is 6.08 Å².